The zero-order chi connectivity index (χ0) is 24.2. The Morgan fingerprint density at radius 3 is 2.97 bits per heavy atom. The number of hydrogen-bond donors (Lipinski definition) is 3. The number of imidazole rings is 1. The molecule has 1 aliphatic heterocycles. The number of carbonyl (C=O) groups excluding carboxylic acids is 1. The molecule has 1 aromatic heterocycles. The minimum atomic E-state index is -0.695. The number of nitrogens with one attached hydrogen (secondary N) is 2. The second-order valence-corrected chi connectivity index (χ2v) is 9.35. The third-order valence-corrected chi connectivity index (χ3v) is 6.60. The van der Waals surface area contributed by atoms with Crippen LogP contribution in [-0.2, 0) is 9.57 Å². The predicted molar refractivity (Wildman–Crippen MR) is 131 cm³/mol. The van der Waals surface area contributed by atoms with Crippen LogP contribution in [-0.4, -0.2) is 46.5 Å². The number of aliphatic hydroxyl groups is 1. The minimum Gasteiger partial charge on any atom is -0.394 e. The van der Waals surface area contributed by atoms with Crippen molar-refractivity contribution in [3.63, 3.8) is 0 Å². The van der Waals surface area contributed by atoms with E-state index in [1.54, 1.807) is 30.6 Å². The Bertz CT molecular complexity index is 1190. The number of fused-ring (bicyclic) bond motifs is 1. The van der Waals surface area contributed by atoms with E-state index < -0.39 is 11.7 Å². The maximum absolute atomic E-state index is 15.8. The second-order valence-electron chi connectivity index (χ2n) is 8.03. The number of ether oxygens (including phenoxy) is 1. The van der Waals surface area contributed by atoms with Crippen LogP contribution in [0.25, 0.3) is 11.0 Å². The number of hydrogen-bond acceptors (Lipinski definition) is 6. The van der Waals surface area contributed by atoms with E-state index in [1.165, 1.54) is 0 Å². The van der Waals surface area contributed by atoms with Gasteiger partial charge in [0.25, 0.3) is 5.91 Å². The number of amides is 1. The summed E-state index contributed by atoms with van der Waals surface area (Å²) in [4.78, 5) is 22.2. The number of nitrogens with zero attached hydrogens (tertiary/aromatic N) is 2. The molecule has 2 atom stereocenters. The standard InChI is InChI=1S/C23H25BrClFN4O4/c1-13(19-4-2-3-8-33-19)30-12-27-22-18(30)11-15(23(32)29-34-9-7-31)21(20(22)26)28-17-6-5-14(24)10-16(17)25/h5-6,10-13,19,28,31H,2-4,7-9H2,1H3,(H,29,32). The number of rotatable bonds is 8. The molecule has 1 saturated heterocycles. The molecule has 3 N–H and O–H groups in total. The summed E-state index contributed by atoms with van der Waals surface area (Å²) in [7, 11) is 0. The van der Waals surface area contributed by atoms with Gasteiger partial charge >= 0.3 is 0 Å². The highest BCUT2D eigenvalue weighted by Crippen LogP contribution is 2.36. The number of halogens is 3. The molecule has 0 aliphatic carbocycles. The Labute approximate surface area is 209 Å². The van der Waals surface area contributed by atoms with E-state index in [-0.39, 0.29) is 42.1 Å². The summed E-state index contributed by atoms with van der Waals surface area (Å²) < 4.78 is 24.3. The first-order chi connectivity index (χ1) is 16.4. The van der Waals surface area contributed by atoms with Gasteiger partial charge in [-0.1, -0.05) is 27.5 Å². The molecule has 0 saturated carbocycles. The lowest BCUT2D eigenvalue weighted by Crippen LogP contribution is -2.28. The van der Waals surface area contributed by atoms with Gasteiger partial charge in [-0.05, 0) is 50.5 Å². The maximum atomic E-state index is 15.8. The third kappa shape index (κ3) is 5.21. The first kappa shape index (κ1) is 24.9. The van der Waals surface area contributed by atoms with Crippen LogP contribution in [0.5, 0.6) is 0 Å². The molecule has 34 heavy (non-hydrogen) atoms. The zero-order valence-electron chi connectivity index (χ0n) is 18.5. The monoisotopic (exact) mass is 554 g/mol. The van der Waals surface area contributed by atoms with Crippen molar-refractivity contribution < 1.29 is 23.9 Å². The van der Waals surface area contributed by atoms with Crippen molar-refractivity contribution >= 4 is 55.8 Å². The number of anilines is 2. The molecule has 0 spiro atoms. The van der Waals surface area contributed by atoms with Crippen LogP contribution in [0, 0.1) is 5.82 Å². The van der Waals surface area contributed by atoms with E-state index >= 15 is 4.39 Å². The largest absolute Gasteiger partial charge is 0.394 e. The van der Waals surface area contributed by atoms with Gasteiger partial charge in [-0.25, -0.2) is 14.9 Å². The van der Waals surface area contributed by atoms with E-state index in [1.807, 2.05) is 11.5 Å². The summed E-state index contributed by atoms with van der Waals surface area (Å²) in [5, 5.41) is 12.2. The Hall–Kier alpha value is -2.24. The van der Waals surface area contributed by atoms with Crippen molar-refractivity contribution in [2.24, 2.45) is 0 Å². The molecule has 3 aromatic rings. The average Bonchev–Trinajstić information content (AvgIpc) is 3.26. The summed E-state index contributed by atoms with van der Waals surface area (Å²) in [5.41, 5.74) is 3.14. The van der Waals surface area contributed by atoms with E-state index in [9.17, 15) is 4.79 Å². The van der Waals surface area contributed by atoms with Crippen LogP contribution in [0.15, 0.2) is 35.1 Å². The lowest BCUT2D eigenvalue weighted by Gasteiger charge is -2.29. The molecular formula is C23H25BrClFN4O4. The highest BCUT2D eigenvalue weighted by molar-refractivity contribution is 9.10. The van der Waals surface area contributed by atoms with Gasteiger partial charge in [0, 0.05) is 11.1 Å². The number of carbonyl (C=O) groups is 1. The molecule has 1 aliphatic rings. The van der Waals surface area contributed by atoms with Crippen molar-refractivity contribution in [1.29, 1.82) is 0 Å². The maximum Gasteiger partial charge on any atom is 0.277 e. The quantitative estimate of drug-likeness (QED) is 0.264. The molecular weight excluding hydrogens is 531 g/mol. The Morgan fingerprint density at radius 2 is 2.26 bits per heavy atom. The van der Waals surface area contributed by atoms with Gasteiger partial charge in [-0.15, -0.1) is 0 Å². The number of hydroxylamine groups is 1. The van der Waals surface area contributed by atoms with Crippen molar-refractivity contribution in [2.75, 3.05) is 25.1 Å². The number of aromatic nitrogens is 2. The second kappa shape index (κ2) is 11.0. The fourth-order valence-electron chi connectivity index (χ4n) is 4.02. The molecule has 182 valence electrons. The topological polar surface area (TPSA) is 97.6 Å². The van der Waals surface area contributed by atoms with E-state index in [4.69, 9.17) is 26.3 Å². The van der Waals surface area contributed by atoms with Gasteiger partial charge < -0.3 is 19.7 Å². The summed E-state index contributed by atoms with van der Waals surface area (Å²) >= 11 is 9.65. The van der Waals surface area contributed by atoms with Crippen LogP contribution in [0.2, 0.25) is 5.02 Å². The van der Waals surface area contributed by atoms with E-state index in [0.29, 0.717) is 22.8 Å². The summed E-state index contributed by atoms with van der Waals surface area (Å²) in [6.45, 7) is 2.30. The molecule has 1 amide bonds. The van der Waals surface area contributed by atoms with Gasteiger partial charge in [-0.2, -0.15) is 0 Å². The van der Waals surface area contributed by atoms with Gasteiger partial charge in [0.1, 0.15) is 5.52 Å². The molecule has 4 rings (SSSR count). The molecule has 2 heterocycles. The first-order valence-electron chi connectivity index (χ1n) is 11.0. The van der Waals surface area contributed by atoms with Gasteiger partial charge in [0.15, 0.2) is 5.82 Å². The van der Waals surface area contributed by atoms with Crippen molar-refractivity contribution in [1.82, 2.24) is 15.0 Å². The van der Waals surface area contributed by atoms with Gasteiger partial charge in [0.05, 0.1) is 59.2 Å². The van der Waals surface area contributed by atoms with E-state index in [0.717, 1.165) is 23.7 Å². The average molecular weight is 556 g/mol. The molecule has 2 aromatic carbocycles. The van der Waals surface area contributed by atoms with Crippen molar-refractivity contribution in [2.45, 2.75) is 38.3 Å². The van der Waals surface area contributed by atoms with Crippen LogP contribution in [0.3, 0.4) is 0 Å². The molecule has 11 heteroatoms. The molecule has 8 nitrogen and oxygen atoms in total. The SMILES string of the molecule is CC(C1CCCCO1)n1cnc2c(F)c(Nc3ccc(Br)cc3Cl)c(C(=O)NOCCO)cc21. The third-order valence-electron chi connectivity index (χ3n) is 5.80. The molecule has 1 fully saturated rings. The number of aliphatic hydroxyl groups excluding tert-OH is 1. The van der Waals surface area contributed by atoms with Crippen molar-refractivity contribution in [3.8, 4) is 0 Å². The van der Waals surface area contributed by atoms with Crippen LogP contribution < -0.4 is 10.8 Å². The molecule has 2 unspecified atom stereocenters. The summed E-state index contributed by atoms with van der Waals surface area (Å²) in [5.74, 6) is -1.38. The van der Waals surface area contributed by atoms with Crippen LogP contribution in [0.4, 0.5) is 15.8 Å². The zero-order valence-corrected chi connectivity index (χ0v) is 20.8. The van der Waals surface area contributed by atoms with Crippen molar-refractivity contribution in [3.05, 3.63) is 51.5 Å². The predicted octanol–water partition coefficient (Wildman–Crippen LogP) is 5.12. The fraction of sp³-hybridized carbons (Fsp3) is 0.391. The molecule has 0 radical (unpaired) electrons. The normalized spacial score (nSPS) is 17.0. The molecule has 0 bridgehead atoms. The van der Waals surface area contributed by atoms with Crippen LogP contribution >= 0.6 is 27.5 Å². The summed E-state index contributed by atoms with van der Waals surface area (Å²) in [6.07, 6.45) is 4.52. The van der Waals surface area contributed by atoms with Crippen LogP contribution in [0.1, 0.15) is 42.6 Å². The fourth-order valence-corrected chi connectivity index (χ4v) is 4.74. The lowest BCUT2D eigenvalue weighted by molar-refractivity contribution is -0.0114. The first-order valence-corrected chi connectivity index (χ1v) is 12.1. The number of benzene rings is 2. The summed E-state index contributed by atoms with van der Waals surface area (Å²) in [6, 6.07) is 6.53. The minimum absolute atomic E-state index is 0.000405. The Balaban J connectivity index is 1.78. The highest BCUT2D eigenvalue weighted by Gasteiger charge is 2.27. The van der Waals surface area contributed by atoms with Gasteiger partial charge in [-0.3, -0.25) is 9.63 Å². The smallest absolute Gasteiger partial charge is 0.277 e. The van der Waals surface area contributed by atoms with E-state index in [2.05, 4.69) is 31.7 Å². The lowest BCUT2D eigenvalue weighted by atomic mass is 10.0. The Kier molecular flexibility index (Phi) is 8.05. The van der Waals surface area contributed by atoms with Gasteiger partial charge in [0.2, 0.25) is 0 Å². The highest BCUT2D eigenvalue weighted by atomic mass is 79.9. The Morgan fingerprint density at radius 1 is 1.44 bits per heavy atom.